The molecule has 1 N–H and O–H groups in total. The molecular formula is C17H27F3N4O. The standard InChI is InChI=1S/C17H27F3N4O/c1-21-16(22-10-7-11-23(2)13-17(18,19)20)24(3)12-14-8-5-6-9-15(14)25-4/h5-6,8-9H,7,10-13H2,1-4H3,(H,21,22). The minimum atomic E-state index is -4.16. The van der Waals surface area contributed by atoms with E-state index in [1.807, 2.05) is 36.2 Å². The fraction of sp³-hybridized carbons (Fsp3) is 0.588. The molecule has 25 heavy (non-hydrogen) atoms. The molecule has 1 rings (SSSR count). The number of rotatable bonds is 8. The quantitative estimate of drug-likeness (QED) is 0.439. The largest absolute Gasteiger partial charge is 0.496 e. The fourth-order valence-corrected chi connectivity index (χ4v) is 2.48. The number of guanidine groups is 1. The highest BCUT2D eigenvalue weighted by Gasteiger charge is 2.28. The van der Waals surface area contributed by atoms with Crippen LogP contribution in [0.2, 0.25) is 0 Å². The summed E-state index contributed by atoms with van der Waals surface area (Å²) < 4.78 is 42.2. The Balaban J connectivity index is 2.43. The number of aliphatic imine (C=N–C) groups is 1. The maximum Gasteiger partial charge on any atom is 0.401 e. The Morgan fingerprint density at radius 1 is 1.24 bits per heavy atom. The molecule has 142 valence electrons. The van der Waals surface area contributed by atoms with Crippen molar-refractivity contribution in [3.63, 3.8) is 0 Å². The van der Waals surface area contributed by atoms with Gasteiger partial charge >= 0.3 is 6.18 Å². The van der Waals surface area contributed by atoms with Crippen molar-refractivity contribution in [1.82, 2.24) is 15.1 Å². The highest BCUT2D eigenvalue weighted by atomic mass is 19.4. The lowest BCUT2D eigenvalue weighted by molar-refractivity contribution is -0.143. The van der Waals surface area contributed by atoms with Crippen molar-refractivity contribution in [3.05, 3.63) is 29.8 Å². The molecule has 0 spiro atoms. The molecule has 0 fully saturated rings. The monoisotopic (exact) mass is 360 g/mol. The Kier molecular flexibility index (Phi) is 8.54. The molecule has 1 aromatic carbocycles. The summed E-state index contributed by atoms with van der Waals surface area (Å²) in [5.74, 6) is 1.49. The molecule has 0 aromatic heterocycles. The van der Waals surface area contributed by atoms with Crippen LogP contribution < -0.4 is 10.1 Å². The van der Waals surface area contributed by atoms with E-state index in [2.05, 4.69) is 10.3 Å². The molecular weight excluding hydrogens is 333 g/mol. The summed E-state index contributed by atoms with van der Waals surface area (Å²) in [6.45, 7) is 0.623. The van der Waals surface area contributed by atoms with Crippen LogP contribution >= 0.6 is 0 Å². The first kappa shape index (κ1) is 21.1. The molecule has 0 aliphatic carbocycles. The van der Waals surface area contributed by atoms with Crippen LogP contribution in [0, 0.1) is 0 Å². The summed E-state index contributed by atoms with van der Waals surface area (Å²) in [7, 11) is 6.67. The van der Waals surface area contributed by atoms with Crippen molar-refractivity contribution >= 4 is 5.96 Å². The van der Waals surface area contributed by atoms with Crippen LogP contribution in [-0.4, -0.2) is 69.8 Å². The molecule has 0 saturated heterocycles. The van der Waals surface area contributed by atoms with Crippen LogP contribution in [0.4, 0.5) is 13.2 Å². The molecule has 0 unspecified atom stereocenters. The van der Waals surface area contributed by atoms with Crippen molar-refractivity contribution < 1.29 is 17.9 Å². The molecule has 5 nitrogen and oxygen atoms in total. The minimum absolute atomic E-state index is 0.361. The molecule has 0 radical (unpaired) electrons. The van der Waals surface area contributed by atoms with Gasteiger partial charge in [0.2, 0.25) is 0 Å². The summed E-state index contributed by atoms with van der Waals surface area (Å²) in [4.78, 5) is 7.42. The average molecular weight is 360 g/mol. The number of hydrogen-bond acceptors (Lipinski definition) is 3. The first-order valence-electron chi connectivity index (χ1n) is 8.05. The number of nitrogens with one attached hydrogen (secondary N) is 1. The number of methoxy groups -OCH3 is 1. The first-order chi connectivity index (χ1) is 11.8. The normalized spacial score (nSPS) is 12.4. The Morgan fingerprint density at radius 3 is 2.52 bits per heavy atom. The highest BCUT2D eigenvalue weighted by molar-refractivity contribution is 5.79. The van der Waals surface area contributed by atoms with Gasteiger partial charge in [-0.2, -0.15) is 13.2 Å². The maximum absolute atomic E-state index is 12.3. The van der Waals surface area contributed by atoms with E-state index in [4.69, 9.17) is 4.74 Å². The number of hydrogen-bond donors (Lipinski definition) is 1. The number of halogens is 3. The third-order valence-electron chi connectivity index (χ3n) is 3.62. The van der Waals surface area contributed by atoms with E-state index in [0.29, 0.717) is 32.0 Å². The molecule has 0 aliphatic heterocycles. The third-order valence-corrected chi connectivity index (χ3v) is 3.62. The van der Waals surface area contributed by atoms with E-state index < -0.39 is 12.7 Å². The van der Waals surface area contributed by atoms with Gasteiger partial charge in [-0.3, -0.25) is 9.89 Å². The van der Waals surface area contributed by atoms with E-state index >= 15 is 0 Å². The fourth-order valence-electron chi connectivity index (χ4n) is 2.48. The van der Waals surface area contributed by atoms with Crippen molar-refractivity contribution in [2.24, 2.45) is 4.99 Å². The molecule has 8 heteroatoms. The van der Waals surface area contributed by atoms with E-state index in [-0.39, 0.29) is 0 Å². The van der Waals surface area contributed by atoms with Crippen LogP contribution in [0.5, 0.6) is 5.75 Å². The van der Waals surface area contributed by atoms with E-state index in [0.717, 1.165) is 11.3 Å². The van der Waals surface area contributed by atoms with E-state index in [1.165, 1.54) is 11.9 Å². The Bertz CT molecular complexity index is 549. The number of para-hydroxylation sites is 1. The van der Waals surface area contributed by atoms with Crippen LogP contribution in [0.25, 0.3) is 0 Å². The van der Waals surface area contributed by atoms with Gasteiger partial charge in [0.1, 0.15) is 5.75 Å². The summed E-state index contributed by atoms with van der Waals surface area (Å²) >= 11 is 0. The van der Waals surface area contributed by atoms with Gasteiger partial charge < -0.3 is 15.0 Å². The lowest BCUT2D eigenvalue weighted by Crippen LogP contribution is -2.40. The number of alkyl halides is 3. The van der Waals surface area contributed by atoms with Gasteiger partial charge in [0.15, 0.2) is 5.96 Å². The molecule has 0 atom stereocenters. The lowest BCUT2D eigenvalue weighted by Gasteiger charge is -2.24. The zero-order valence-corrected chi connectivity index (χ0v) is 15.2. The average Bonchev–Trinajstić information content (AvgIpc) is 2.53. The second-order valence-corrected chi connectivity index (χ2v) is 5.85. The zero-order valence-electron chi connectivity index (χ0n) is 15.2. The molecule has 0 saturated carbocycles. The van der Waals surface area contributed by atoms with Gasteiger partial charge in [0.05, 0.1) is 13.7 Å². The van der Waals surface area contributed by atoms with Crippen LogP contribution in [-0.2, 0) is 6.54 Å². The number of ether oxygens (including phenoxy) is 1. The Labute approximate surface area is 147 Å². The molecule has 0 amide bonds. The van der Waals surface area contributed by atoms with Crippen LogP contribution in [0.1, 0.15) is 12.0 Å². The smallest absolute Gasteiger partial charge is 0.401 e. The molecule has 1 aromatic rings. The van der Waals surface area contributed by atoms with Gasteiger partial charge in [0.25, 0.3) is 0 Å². The summed E-state index contributed by atoms with van der Waals surface area (Å²) in [6.07, 6.45) is -3.57. The van der Waals surface area contributed by atoms with Gasteiger partial charge in [-0.1, -0.05) is 18.2 Å². The van der Waals surface area contributed by atoms with Gasteiger partial charge in [0, 0.05) is 32.7 Å². The second kappa shape index (κ2) is 10.1. The Morgan fingerprint density at radius 2 is 1.92 bits per heavy atom. The van der Waals surface area contributed by atoms with Crippen molar-refractivity contribution in [2.45, 2.75) is 19.1 Å². The predicted molar refractivity (Wildman–Crippen MR) is 94.0 cm³/mol. The van der Waals surface area contributed by atoms with Crippen molar-refractivity contribution in [2.75, 3.05) is 47.9 Å². The van der Waals surface area contributed by atoms with Crippen LogP contribution in [0.3, 0.4) is 0 Å². The van der Waals surface area contributed by atoms with Gasteiger partial charge in [-0.15, -0.1) is 0 Å². The topological polar surface area (TPSA) is 40.1 Å². The lowest BCUT2D eigenvalue weighted by atomic mass is 10.2. The van der Waals surface area contributed by atoms with E-state index in [1.54, 1.807) is 14.2 Å². The van der Waals surface area contributed by atoms with Crippen molar-refractivity contribution in [1.29, 1.82) is 0 Å². The predicted octanol–water partition coefficient (Wildman–Crippen LogP) is 2.59. The molecule has 0 aliphatic rings. The first-order valence-corrected chi connectivity index (χ1v) is 8.05. The van der Waals surface area contributed by atoms with Gasteiger partial charge in [-0.25, -0.2) is 0 Å². The highest BCUT2D eigenvalue weighted by Crippen LogP contribution is 2.18. The molecule has 0 heterocycles. The summed E-state index contributed by atoms with van der Waals surface area (Å²) in [6, 6.07) is 7.73. The number of benzene rings is 1. The van der Waals surface area contributed by atoms with Crippen molar-refractivity contribution in [3.8, 4) is 5.75 Å². The second-order valence-electron chi connectivity index (χ2n) is 5.85. The van der Waals surface area contributed by atoms with Gasteiger partial charge in [-0.05, 0) is 26.1 Å². The molecule has 0 bridgehead atoms. The summed E-state index contributed by atoms with van der Waals surface area (Å²) in [5.41, 5.74) is 1.03. The number of nitrogens with zero attached hydrogens (tertiary/aromatic N) is 3. The third kappa shape index (κ3) is 8.11. The summed E-state index contributed by atoms with van der Waals surface area (Å²) in [5, 5.41) is 3.17. The SMILES string of the molecule is CN=C(NCCCN(C)CC(F)(F)F)N(C)Cc1ccccc1OC. The zero-order chi connectivity index (χ0) is 18.9. The van der Waals surface area contributed by atoms with Crippen LogP contribution in [0.15, 0.2) is 29.3 Å². The van der Waals surface area contributed by atoms with E-state index in [9.17, 15) is 13.2 Å². The Hall–Kier alpha value is -1.96. The maximum atomic E-state index is 12.3. The minimum Gasteiger partial charge on any atom is -0.496 e.